The molecule has 0 atom stereocenters. The Morgan fingerprint density at radius 3 is 2.14 bits per heavy atom. The topological polar surface area (TPSA) is 29.3 Å². The van der Waals surface area contributed by atoms with Crippen LogP contribution in [0.3, 0.4) is 0 Å². The number of hydrogen-bond donors (Lipinski definition) is 1. The van der Waals surface area contributed by atoms with Gasteiger partial charge in [0.05, 0.1) is 0 Å². The van der Waals surface area contributed by atoms with Crippen molar-refractivity contribution in [1.29, 1.82) is 0 Å². The molecule has 0 heterocycles. The predicted octanol–water partition coefficient (Wildman–Crippen LogP) is 3.60. The fourth-order valence-corrected chi connectivity index (χ4v) is 2.53. The monoisotopic (exact) mass is 282 g/mol. The molecule has 0 unspecified atom stereocenters. The van der Waals surface area contributed by atoms with Crippen molar-refractivity contribution in [2.45, 2.75) is 32.4 Å². The van der Waals surface area contributed by atoms with Gasteiger partial charge in [-0.25, -0.2) is 0 Å². The molecule has 112 valence electrons. The van der Waals surface area contributed by atoms with Gasteiger partial charge in [0.1, 0.15) is 0 Å². The Morgan fingerprint density at radius 1 is 0.810 bits per heavy atom. The third-order valence-corrected chi connectivity index (χ3v) is 3.81. The van der Waals surface area contributed by atoms with Gasteiger partial charge in [0.15, 0.2) is 0 Å². The van der Waals surface area contributed by atoms with Gasteiger partial charge in [0.25, 0.3) is 0 Å². The van der Waals surface area contributed by atoms with Crippen LogP contribution in [0.5, 0.6) is 0 Å². The molecule has 0 saturated heterocycles. The van der Waals surface area contributed by atoms with Crippen LogP contribution in [0, 0.1) is 0 Å². The summed E-state index contributed by atoms with van der Waals surface area (Å²) in [6, 6.07) is 19.3. The number of benzene rings is 2. The molecule has 2 aromatic rings. The number of nitrogens with two attached hydrogens (primary N) is 1. The highest BCUT2D eigenvalue weighted by Crippen LogP contribution is 2.08. The minimum absolute atomic E-state index is 0.621. The van der Waals surface area contributed by atoms with E-state index in [0.29, 0.717) is 6.54 Å². The summed E-state index contributed by atoms with van der Waals surface area (Å²) in [7, 11) is 2.19. The lowest BCUT2D eigenvalue weighted by molar-refractivity contribution is 0.318. The Hall–Kier alpha value is -1.64. The molecular formula is C19H26N2. The Labute approximate surface area is 128 Å². The first-order valence-electron chi connectivity index (χ1n) is 7.78. The lowest BCUT2D eigenvalue weighted by Crippen LogP contribution is -2.19. The third kappa shape index (κ3) is 5.70. The summed E-state index contributed by atoms with van der Waals surface area (Å²) in [4.78, 5) is 2.39. The van der Waals surface area contributed by atoms with Crippen LogP contribution in [-0.2, 0) is 19.5 Å². The lowest BCUT2D eigenvalue weighted by atomic mass is 10.1. The standard InChI is InChI=1S/C19H26N2/c1-21(16-19-12-10-18(15-20)11-13-19)14-6-5-9-17-7-3-2-4-8-17/h2-4,7-8,10-13H,5-6,9,14-16,20H2,1H3. The molecule has 21 heavy (non-hydrogen) atoms. The highest BCUT2D eigenvalue weighted by Gasteiger charge is 2.01. The lowest BCUT2D eigenvalue weighted by Gasteiger charge is -2.16. The van der Waals surface area contributed by atoms with E-state index in [1.807, 2.05) is 0 Å². The number of rotatable bonds is 8. The molecule has 0 aliphatic carbocycles. The van der Waals surface area contributed by atoms with E-state index in [4.69, 9.17) is 5.73 Å². The molecule has 0 aliphatic heterocycles. The van der Waals surface area contributed by atoms with Crippen molar-refractivity contribution in [2.24, 2.45) is 5.73 Å². The minimum Gasteiger partial charge on any atom is -0.326 e. The van der Waals surface area contributed by atoms with Gasteiger partial charge in [-0.15, -0.1) is 0 Å². The quantitative estimate of drug-likeness (QED) is 0.750. The summed E-state index contributed by atoms with van der Waals surface area (Å²) in [6.45, 7) is 2.78. The van der Waals surface area contributed by atoms with Crippen LogP contribution in [-0.4, -0.2) is 18.5 Å². The van der Waals surface area contributed by atoms with E-state index in [0.717, 1.165) is 13.1 Å². The fraction of sp³-hybridized carbons (Fsp3) is 0.368. The molecule has 2 nitrogen and oxygen atoms in total. The first kappa shape index (κ1) is 15.7. The first-order chi connectivity index (χ1) is 10.3. The van der Waals surface area contributed by atoms with E-state index in [2.05, 4.69) is 66.5 Å². The maximum atomic E-state index is 5.62. The molecule has 0 aromatic heterocycles. The molecule has 0 spiro atoms. The van der Waals surface area contributed by atoms with Crippen LogP contribution in [0.4, 0.5) is 0 Å². The largest absolute Gasteiger partial charge is 0.326 e. The minimum atomic E-state index is 0.621. The Morgan fingerprint density at radius 2 is 1.48 bits per heavy atom. The van der Waals surface area contributed by atoms with Crippen LogP contribution in [0.25, 0.3) is 0 Å². The predicted molar refractivity (Wildman–Crippen MR) is 90.0 cm³/mol. The average molecular weight is 282 g/mol. The molecule has 0 bridgehead atoms. The average Bonchev–Trinajstić information content (AvgIpc) is 2.53. The summed E-state index contributed by atoms with van der Waals surface area (Å²) in [6.07, 6.45) is 3.67. The van der Waals surface area contributed by atoms with E-state index >= 15 is 0 Å². The first-order valence-corrected chi connectivity index (χ1v) is 7.78. The Kier molecular flexibility index (Phi) is 6.45. The van der Waals surface area contributed by atoms with E-state index in [1.54, 1.807) is 0 Å². The van der Waals surface area contributed by atoms with Crippen molar-refractivity contribution < 1.29 is 0 Å². The molecule has 0 saturated carbocycles. The highest BCUT2D eigenvalue weighted by molar-refractivity contribution is 5.22. The zero-order valence-electron chi connectivity index (χ0n) is 13.0. The number of nitrogens with zero attached hydrogens (tertiary/aromatic N) is 1. The van der Waals surface area contributed by atoms with Crippen molar-refractivity contribution in [3.05, 3.63) is 71.3 Å². The number of aryl methyl sites for hydroxylation is 1. The zero-order valence-corrected chi connectivity index (χ0v) is 13.0. The summed E-state index contributed by atoms with van der Waals surface area (Å²) in [5.74, 6) is 0. The maximum absolute atomic E-state index is 5.62. The SMILES string of the molecule is CN(CCCCc1ccccc1)Cc1ccc(CN)cc1. The number of hydrogen-bond acceptors (Lipinski definition) is 2. The van der Waals surface area contributed by atoms with Gasteiger partial charge >= 0.3 is 0 Å². The van der Waals surface area contributed by atoms with Crippen molar-refractivity contribution in [3.8, 4) is 0 Å². The second-order valence-electron chi connectivity index (χ2n) is 5.70. The molecular weight excluding hydrogens is 256 g/mol. The van der Waals surface area contributed by atoms with Gasteiger partial charge in [-0.1, -0.05) is 54.6 Å². The van der Waals surface area contributed by atoms with Crippen molar-refractivity contribution in [2.75, 3.05) is 13.6 Å². The Balaban J connectivity index is 1.66. The van der Waals surface area contributed by atoms with Gasteiger partial charge in [-0.3, -0.25) is 0 Å². The van der Waals surface area contributed by atoms with Gasteiger partial charge in [0.2, 0.25) is 0 Å². The normalized spacial score (nSPS) is 11.0. The van der Waals surface area contributed by atoms with Gasteiger partial charge < -0.3 is 10.6 Å². The Bertz CT molecular complexity index is 505. The van der Waals surface area contributed by atoms with Crippen LogP contribution in [0.2, 0.25) is 0 Å². The third-order valence-electron chi connectivity index (χ3n) is 3.81. The van der Waals surface area contributed by atoms with Crippen LogP contribution in [0.15, 0.2) is 54.6 Å². The van der Waals surface area contributed by atoms with Crippen LogP contribution < -0.4 is 5.73 Å². The van der Waals surface area contributed by atoms with E-state index < -0.39 is 0 Å². The van der Waals surface area contributed by atoms with Crippen molar-refractivity contribution in [3.63, 3.8) is 0 Å². The summed E-state index contributed by atoms with van der Waals surface area (Å²) >= 11 is 0. The molecule has 0 fully saturated rings. The summed E-state index contributed by atoms with van der Waals surface area (Å²) in [5.41, 5.74) is 9.62. The molecule has 0 aliphatic rings. The smallest absolute Gasteiger partial charge is 0.0230 e. The highest BCUT2D eigenvalue weighted by atomic mass is 15.1. The van der Waals surface area contributed by atoms with E-state index in [1.165, 1.54) is 36.0 Å². The second kappa shape index (κ2) is 8.60. The second-order valence-corrected chi connectivity index (χ2v) is 5.70. The maximum Gasteiger partial charge on any atom is 0.0230 e. The zero-order chi connectivity index (χ0) is 14.9. The van der Waals surface area contributed by atoms with Crippen LogP contribution in [0.1, 0.15) is 29.5 Å². The van der Waals surface area contributed by atoms with E-state index in [9.17, 15) is 0 Å². The summed E-state index contributed by atoms with van der Waals surface area (Å²) < 4.78 is 0. The van der Waals surface area contributed by atoms with Gasteiger partial charge in [-0.2, -0.15) is 0 Å². The van der Waals surface area contributed by atoms with Gasteiger partial charge in [0, 0.05) is 13.1 Å². The molecule has 2 rings (SSSR count). The molecule has 2 N–H and O–H groups in total. The molecule has 2 aromatic carbocycles. The molecule has 0 radical (unpaired) electrons. The van der Waals surface area contributed by atoms with E-state index in [-0.39, 0.29) is 0 Å². The summed E-state index contributed by atoms with van der Waals surface area (Å²) in [5, 5.41) is 0. The van der Waals surface area contributed by atoms with Crippen LogP contribution >= 0.6 is 0 Å². The van der Waals surface area contributed by atoms with Gasteiger partial charge in [-0.05, 0) is 49.5 Å². The molecule has 2 heteroatoms. The fourth-order valence-electron chi connectivity index (χ4n) is 2.53. The van der Waals surface area contributed by atoms with Crippen molar-refractivity contribution >= 4 is 0 Å². The van der Waals surface area contributed by atoms with Crippen molar-refractivity contribution in [1.82, 2.24) is 4.90 Å². The number of unbranched alkanes of at least 4 members (excludes halogenated alkanes) is 1. The molecule has 0 amide bonds.